The first-order chi connectivity index (χ1) is 7.14. The maximum Gasteiger partial charge on any atom is 0.0462 e. The third kappa shape index (κ3) is 5.53. The molecule has 0 aromatic heterocycles. The van der Waals surface area contributed by atoms with Gasteiger partial charge in [0.1, 0.15) is 0 Å². The Kier molecular flexibility index (Phi) is 5.62. The van der Waals surface area contributed by atoms with E-state index in [1.807, 2.05) is 0 Å². The van der Waals surface area contributed by atoms with Crippen molar-refractivity contribution in [2.75, 3.05) is 20.3 Å². The molecule has 0 aromatic rings. The second-order valence-electron chi connectivity index (χ2n) is 5.61. The molecule has 2 nitrogen and oxygen atoms in total. The first kappa shape index (κ1) is 13.0. The molecule has 0 amide bonds. The molecule has 1 N–H and O–H groups in total. The second-order valence-corrected chi connectivity index (χ2v) is 5.61. The number of ether oxygens (including phenoxy) is 1. The predicted molar refractivity (Wildman–Crippen MR) is 65.1 cm³/mol. The third-order valence-corrected chi connectivity index (χ3v) is 3.41. The highest BCUT2D eigenvalue weighted by Crippen LogP contribution is 2.34. The van der Waals surface area contributed by atoms with Gasteiger partial charge in [0.05, 0.1) is 0 Å². The summed E-state index contributed by atoms with van der Waals surface area (Å²) in [6.07, 6.45) is 7.92. The minimum absolute atomic E-state index is 0.558. The van der Waals surface area contributed by atoms with Crippen LogP contribution in [0.3, 0.4) is 0 Å². The zero-order chi connectivity index (χ0) is 11.1. The summed E-state index contributed by atoms with van der Waals surface area (Å²) in [5, 5.41) is 3.68. The zero-order valence-electron chi connectivity index (χ0n) is 10.6. The maximum absolute atomic E-state index is 5.04. The summed E-state index contributed by atoms with van der Waals surface area (Å²) in [6.45, 7) is 6.85. The van der Waals surface area contributed by atoms with Crippen LogP contribution in [-0.4, -0.2) is 26.3 Å². The van der Waals surface area contributed by atoms with E-state index in [0.717, 1.165) is 19.2 Å². The SMILES string of the molecule is COCCCCN[C@@H]1CCCC(C)(C)C1. The fourth-order valence-corrected chi connectivity index (χ4v) is 2.55. The molecule has 1 rings (SSSR count). The van der Waals surface area contributed by atoms with Crippen LogP contribution in [0.2, 0.25) is 0 Å². The van der Waals surface area contributed by atoms with Crippen molar-refractivity contribution in [1.29, 1.82) is 0 Å². The van der Waals surface area contributed by atoms with Gasteiger partial charge in [-0.05, 0) is 44.1 Å². The van der Waals surface area contributed by atoms with Gasteiger partial charge in [-0.3, -0.25) is 0 Å². The average Bonchev–Trinajstić information content (AvgIpc) is 2.16. The van der Waals surface area contributed by atoms with Crippen LogP contribution in [0.25, 0.3) is 0 Å². The van der Waals surface area contributed by atoms with E-state index in [-0.39, 0.29) is 0 Å². The van der Waals surface area contributed by atoms with Crippen molar-refractivity contribution in [2.45, 2.75) is 58.4 Å². The van der Waals surface area contributed by atoms with E-state index in [0.29, 0.717) is 5.41 Å². The monoisotopic (exact) mass is 213 g/mol. The molecule has 1 atom stereocenters. The highest BCUT2D eigenvalue weighted by Gasteiger charge is 2.27. The van der Waals surface area contributed by atoms with Crippen LogP contribution < -0.4 is 5.32 Å². The van der Waals surface area contributed by atoms with Crippen molar-refractivity contribution in [1.82, 2.24) is 5.32 Å². The molecule has 1 aliphatic rings. The summed E-state index contributed by atoms with van der Waals surface area (Å²) in [6, 6.07) is 0.760. The van der Waals surface area contributed by atoms with Crippen LogP contribution in [0.4, 0.5) is 0 Å². The van der Waals surface area contributed by atoms with Crippen molar-refractivity contribution < 1.29 is 4.74 Å². The van der Waals surface area contributed by atoms with Crippen molar-refractivity contribution >= 4 is 0 Å². The maximum atomic E-state index is 5.04. The Balaban J connectivity index is 2.05. The smallest absolute Gasteiger partial charge is 0.0462 e. The van der Waals surface area contributed by atoms with Gasteiger partial charge in [-0.1, -0.05) is 20.3 Å². The first-order valence-electron chi connectivity index (χ1n) is 6.36. The van der Waals surface area contributed by atoms with Gasteiger partial charge in [-0.25, -0.2) is 0 Å². The molecule has 0 aromatic carbocycles. The van der Waals surface area contributed by atoms with Crippen molar-refractivity contribution in [3.8, 4) is 0 Å². The van der Waals surface area contributed by atoms with Crippen molar-refractivity contribution in [3.63, 3.8) is 0 Å². The van der Waals surface area contributed by atoms with Gasteiger partial charge in [0.15, 0.2) is 0 Å². The quantitative estimate of drug-likeness (QED) is 0.685. The molecule has 0 radical (unpaired) electrons. The number of rotatable bonds is 6. The van der Waals surface area contributed by atoms with Gasteiger partial charge in [0.2, 0.25) is 0 Å². The molecular formula is C13H27NO. The summed E-state index contributed by atoms with van der Waals surface area (Å²) in [5.74, 6) is 0. The number of hydrogen-bond donors (Lipinski definition) is 1. The second kappa shape index (κ2) is 6.49. The molecule has 0 heterocycles. The lowest BCUT2D eigenvalue weighted by molar-refractivity contribution is 0.184. The fourth-order valence-electron chi connectivity index (χ4n) is 2.55. The van der Waals surface area contributed by atoms with Crippen LogP contribution in [-0.2, 0) is 4.74 Å². The van der Waals surface area contributed by atoms with E-state index < -0.39 is 0 Å². The lowest BCUT2D eigenvalue weighted by Crippen LogP contribution is -2.37. The molecule has 0 saturated heterocycles. The highest BCUT2D eigenvalue weighted by molar-refractivity contribution is 4.83. The standard InChI is InChI=1S/C13H27NO/c1-13(2)8-6-7-12(11-13)14-9-4-5-10-15-3/h12,14H,4-11H2,1-3H3/t12-/m1/s1. The largest absolute Gasteiger partial charge is 0.385 e. The van der Waals surface area contributed by atoms with E-state index >= 15 is 0 Å². The molecule has 90 valence electrons. The van der Waals surface area contributed by atoms with E-state index in [1.165, 1.54) is 38.5 Å². The van der Waals surface area contributed by atoms with Gasteiger partial charge in [0.25, 0.3) is 0 Å². The highest BCUT2D eigenvalue weighted by atomic mass is 16.5. The Labute approximate surface area is 94.8 Å². The normalized spacial score (nSPS) is 25.4. The lowest BCUT2D eigenvalue weighted by atomic mass is 9.75. The van der Waals surface area contributed by atoms with Crippen LogP contribution in [0, 0.1) is 5.41 Å². The molecular weight excluding hydrogens is 186 g/mol. The van der Waals surface area contributed by atoms with Crippen LogP contribution in [0.1, 0.15) is 52.4 Å². The molecule has 1 saturated carbocycles. The van der Waals surface area contributed by atoms with Crippen molar-refractivity contribution in [2.24, 2.45) is 5.41 Å². The summed E-state index contributed by atoms with van der Waals surface area (Å²) < 4.78 is 5.04. The molecule has 0 bridgehead atoms. The molecule has 1 fully saturated rings. The first-order valence-corrected chi connectivity index (χ1v) is 6.36. The minimum Gasteiger partial charge on any atom is -0.385 e. The Morgan fingerprint density at radius 2 is 2.13 bits per heavy atom. The summed E-state index contributed by atoms with van der Waals surface area (Å²) in [4.78, 5) is 0. The zero-order valence-corrected chi connectivity index (χ0v) is 10.6. The van der Waals surface area contributed by atoms with Crippen LogP contribution in [0.5, 0.6) is 0 Å². The van der Waals surface area contributed by atoms with E-state index in [9.17, 15) is 0 Å². The van der Waals surface area contributed by atoms with Gasteiger partial charge in [-0.15, -0.1) is 0 Å². The Morgan fingerprint density at radius 1 is 1.33 bits per heavy atom. The molecule has 1 aliphatic carbocycles. The van der Waals surface area contributed by atoms with Gasteiger partial charge in [-0.2, -0.15) is 0 Å². The van der Waals surface area contributed by atoms with Crippen LogP contribution >= 0.6 is 0 Å². The summed E-state index contributed by atoms with van der Waals surface area (Å²) in [7, 11) is 1.77. The molecule has 2 heteroatoms. The number of unbranched alkanes of at least 4 members (excludes halogenated alkanes) is 1. The van der Waals surface area contributed by atoms with Gasteiger partial charge >= 0.3 is 0 Å². The van der Waals surface area contributed by atoms with Crippen molar-refractivity contribution in [3.05, 3.63) is 0 Å². The van der Waals surface area contributed by atoms with Gasteiger partial charge < -0.3 is 10.1 Å². The molecule has 15 heavy (non-hydrogen) atoms. The lowest BCUT2D eigenvalue weighted by Gasteiger charge is -2.35. The van der Waals surface area contributed by atoms with E-state index in [1.54, 1.807) is 7.11 Å². The predicted octanol–water partition coefficient (Wildman–Crippen LogP) is 2.97. The van der Waals surface area contributed by atoms with E-state index in [2.05, 4.69) is 19.2 Å². The number of nitrogens with one attached hydrogen (secondary N) is 1. The fraction of sp³-hybridized carbons (Fsp3) is 1.00. The summed E-state index contributed by atoms with van der Waals surface area (Å²) in [5.41, 5.74) is 0.558. The topological polar surface area (TPSA) is 21.3 Å². The Morgan fingerprint density at radius 3 is 2.80 bits per heavy atom. The summed E-state index contributed by atoms with van der Waals surface area (Å²) >= 11 is 0. The van der Waals surface area contributed by atoms with Crippen LogP contribution in [0.15, 0.2) is 0 Å². The number of hydrogen-bond acceptors (Lipinski definition) is 2. The molecule has 0 unspecified atom stereocenters. The molecule has 0 aliphatic heterocycles. The van der Waals surface area contributed by atoms with E-state index in [4.69, 9.17) is 4.74 Å². The Hall–Kier alpha value is -0.0800. The molecule has 0 spiro atoms. The Bertz CT molecular complexity index is 168. The average molecular weight is 213 g/mol. The minimum atomic E-state index is 0.558. The number of methoxy groups -OCH3 is 1. The third-order valence-electron chi connectivity index (χ3n) is 3.41. The van der Waals surface area contributed by atoms with Gasteiger partial charge in [0, 0.05) is 19.8 Å².